The van der Waals surface area contributed by atoms with Crippen molar-refractivity contribution in [2.75, 3.05) is 14.2 Å². The van der Waals surface area contributed by atoms with E-state index in [0.717, 1.165) is 24.8 Å². The Labute approximate surface area is 110 Å². The molecule has 3 nitrogen and oxygen atoms in total. The van der Waals surface area contributed by atoms with Gasteiger partial charge in [-0.2, -0.15) is 0 Å². The molecule has 0 saturated heterocycles. The molecule has 1 aromatic rings. The van der Waals surface area contributed by atoms with Crippen LogP contribution < -0.4 is 9.47 Å². The average molecular weight is 252 g/mol. The van der Waals surface area contributed by atoms with E-state index in [0.29, 0.717) is 17.4 Å². The molecule has 0 amide bonds. The summed E-state index contributed by atoms with van der Waals surface area (Å²) < 4.78 is 10.4. The largest absolute Gasteiger partial charge is 0.497 e. The van der Waals surface area contributed by atoms with Crippen LogP contribution in [0.4, 0.5) is 0 Å². The Morgan fingerprint density at radius 1 is 1.00 bits per heavy atom. The molecule has 0 aliphatic rings. The van der Waals surface area contributed by atoms with E-state index in [1.807, 2.05) is 18.2 Å². The smallest absolute Gasteiger partial charge is 0.122 e. The summed E-state index contributed by atoms with van der Waals surface area (Å²) in [5.74, 6) is 1.98. The quantitative estimate of drug-likeness (QED) is 0.806. The van der Waals surface area contributed by atoms with Gasteiger partial charge < -0.3 is 14.6 Å². The van der Waals surface area contributed by atoms with Crippen molar-refractivity contribution in [2.24, 2.45) is 5.92 Å². The highest BCUT2D eigenvalue weighted by atomic mass is 16.5. The van der Waals surface area contributed by atoms with Gasteiger partial charge in [-0.15, -0.1) is 0 Å². The van der Waals surface area contributed by atoms with E-state index in [9.17, 15) is 5.11 Å². The molecule has 3 heteroatoms. The molecular weight excluding hydrogens is 228 g/mol. The molecule has 1 N–H and O–H groups in total. The molecule has 0 bridgehead atoms. The SMILES string of the molecule is CCC(CC)CC(O)c1cc(OC)cc(OC)c1. The summed E-state index contributed by atoms with van der Waals surface area (Å²) in [6, 6.07) is 5.55. The lowest BCUT2D eigenvalue weighted by molar-refractivity contribution is 0.140. The van der Waals surface area contributed by atoms with Gasteiger partial charge in [0.2, 0.25) is 0 Å². The Bertz CT molecular complexity index is 337. The molecule has 0 spiro atoms. The lowest BCUT2D eigenvalue weighted by atomic mass is 9.93. The maximum Gasteiger partial charge on any atom is 0.122 e. The van der Waals surface area contributed by atoms with Gasteiger partial charge in [0.15, 0.2) is 0 Å². The first kappa shape index (κ1) is 14.8. The third-order valence-corrected chi connectivity index (χ3v) is 3.47. The molecule has 18 heavy (non-hydrogen) atoms. The van der Waals surface area contributed by atoms with Crippen molar-refractivity contribution in [1.82, 2.24) is 0 Å². The summed E-state index contributed by atoms with van der Waals surface area (Å²) in [7, 11) is 3.23. The Morgan fingerprint density at radius 2 is 1.50 bits per heavy atom. The van der Waals surface area contributed by atoms with Gasteiger partial charge in [-0.1, -0.05) is 26.7 Å². The van der Waals surface area contributed by atoms with Gasteiger partial charge in [-0.25, -0.2) is 0 Å². The summed E-state index contributed by atoms with van der Waals surface area (Å²) in [5, 5.41) is 10.3. The van der Waals surface area contributed by atoms with Gasteiger partial charge in [0.25, 0.3) is 0 Å². The van der Waals surface area contributed by atoms with E-state index >= 15 is 0 Å². The van der Waals surface area contributed by atoms with Crippen LogP contribution in [0.1, 0.15) is 44.8 Å². The average Bonchev–Trinajstić information content (AvgIpc) is 2.43. The molecule has 0 aliphatic heterocycles. The second kappa shape index (κ2) is 7.27. The minimum Gasteiger partial charge on any atom is -0.497 e. The topological polar surface area (TPSA) is 38.7 Å². The van der Waals surface area contributed by atoms with Gasteiger partial charge in [0, 0.05) is 6.07 Å². The van der Waals surface area contributed by atoms with E-state index in [1.165, 1.54) is 0 Å². The lowest BCUT2D eigenvalue weighted by Crippen LogP contribution is -2.06. The molecule has 1 aromatic carbocycles. The summed E-state index contributed by atoms with van der Waals surface area (Å²) >= 11 is 0. The van der Waals surface area contributed by atoms with Crippen molar-refractivity contribution in [3.05, 3.63) is 23.8 Å². The highest BCUT2D eigenvalue weighted by Gasteiger charge is 2.15. The van der Waals surface area contributed by atoms with Crippen LogP contribution in [0.2, 0.25) is 0 Å². The van der Waals surface area contributed by atoms with Crippen molar-refractivity contribution < 1.29 is 14.6 Å². The van der Waals surface area contributed by atoms with Crippen LogP contribution in [-0.2, 0) is 0 Å². The summed E-state index contributed by atoms with van der Waals surface area (Å²) in [4.78, 5) is 0. The molecule has 0 saturated carbocycles. The maximum atomic E-state index is 10.3. The third-order valence-electron chi connectivity index (χ3n) is 3.47. The zero-order chi connectivity index (χ0) is 13.5. The standard InChI is InChI=1S/C15H24O3/c1-5-11(6-2)7-15(16)12-8-13(17-3)10-14(9-12)18-4/h8-11,15-16H,5-7H2,1-4H3. The lowest BCUT2D eigenvalue weighted by Gasteiger charge is -2.18. The van der Waals surface area contributed by atoms with Crippen molar-refractivity contribution >= 4 is 0 Å². The van der Waals surface area contributed by atoms with E-state index in [-0.39, 0.29) is 0 Å². The van der Waals surface area contributed by atoms with Gasteiger partial charge in [-0.05, 0) is 30.0 Å². The molecule has 1 atom stereocenters. The fourth-order valence-corrected chi connectivity index (χ4v) is 2.10. The van der Waals surface area contributed by atoms with Gasteiger partial charge >= 0.3 is 0 Å². The van der Waals surface area contributed by atoms with Crippen LogP contribution in [0.5, 0.6) is 11.5 Å². The van der Waals surface area contributed by atoms with Crippen LogP contribution in [0.25, 0.3) is 0 Å². The molecule has 0 fully saturated rings. The zero-order valence-corrected chi connectivity index (χ0v) is 11.8. The number of methoxy groups -OCH3 is 2. The number of hydrogen-bond donors (Lipinski definition) is 1. The number of aliphatic hydroxyl groups excluding tert-OH is 1. The molecule has 0 heterocycles. The Kier molecular flexibility index (Phi) is 5.99. The maximum absolute atomic E-state index is 10.3. The fraction of sp³-hybridized carbons (Fsp3) is 0.600. The molecule has 1 rings (SSSR count). The fourth-order valence-electron chi connectivity index (χ4n) is 2.10. The second-order valence-electron chi connectivity index (χ2n) is 4.58. The first-order chi connectivity index (χ1) is 8.64. The van der Waals surface area contributed by atoms with Gasteiger partial charge in [0.05, 0.1) is 20.3 Å². The molecular formula is C15H24O3. The highest BCUT2D eigenvalue weighted by molar-refractivity contribution is 5.39. The minimum absolute atomic E-state index is 0.459. The first-order valence-corrected chi connectivity index (χ1v) is 6.55. The van der Waals surface area contributed by atoms with Crippen LogP contribution in [0.15, 0.2) is 18.2 Å². The van der Waals surface area contributed by atoms with Crippen molar-refractivity contribution in [3.8, 4) is 11.5 Å². The normalized spacial score (nSPS) is 12.6. The highest BCUT2D eigenvalue weighted by Crippen LogP contribution is 2.30. The first-order valence-electron chi connectivity index (χ1n) is 6.55. The van der Waals surface area contributed by atoms with E-state index < -0.39 is 6.10 Å². The summed E-state index contributed by atoms with van der Waals surface area (Å²) in [6.07, 6.45) is 2.51. The predicted molar refractivity (Wildman–Crippen MR) is 73.2 cm³/mol. The van der Waals surface area contributed by atoms with E-state index in [2.05, 4.69) is 13.8 Å². The molecule has 102 valence electrons. The van der Waals surface area contributed by atoms with Crippen LogP contribution >= 0.6 is 0 Å². The summed E-state index contributed by atoms with van der Waals surface area (Å²) in [6.45, 7) is 4.32. The minimum atomic E-state index is -0.459. The third kappa shape index (κ3) is 3.91. The second-order valence-corrected chi connectivity index (χ2v) is 4.58. The molecule has 0 aliphatic carbocycles. The van der Waals surface area contributed by atoms with E-state index in [4.69, 9.17) is 9.47 Å². The molecule has 0 radical (unpaired) electrons. The monoisotopic (exact) mass is 252 g/mol. The number of aliphatic hydroxyl groups is 1. The Hall–Kier alpha value is -1.22. The number of hydrogen-bond acceptors (Lipinski definition) is 3. The Morgan fingerprint density at radius 3 is 1.89 bits per heavy atom. The predicted octanol–water partition coefficient (Wildman–Crippen LogP) is 3.56. The van der Waals surface area contributed by atoms with Crippen molar-refractivity contribution in [1.29, 1.82) is 0 Å². The molecule has 0 aromatic heterocycles. The van der Waals surface area contributed by atoms with Crippen LogP contribution in [0, 0.1) is 5.92 Å². The Balaban J connectivity index is 2.86. The van der Waals surface area contributed by atoms with Gasteiger partial charge in [-0.3, -0.25) is 0 Å². The number of benzene rings is 1. The van der Waals surface area contributed by atoms with Crippen molar-refractivity contribution in [2.45, 2.75) is 39.2 Å². The van der Waals surface area contributed by atoms with Crippen LogP contribution in [-0.4, -0.2) is 19.3 Å². The van der Waals surface area contributed by atoms with Crippen LogP contribution in [0.3, 0.4) is 0 Å². The van der Waals surface area contributed by atoms with E-state index in [1.54, 1.807) is 14.2 Å². The molecule has 1 unspecified atom stereocenters. The zero-order valence-electron chi connectivity index (χ0n) is 11.8. The van der Waals surface area contributed by atoms with Crippen molar-refractivity contribution in [3.63, 3.8) is 0 Å². The summed E-state index contributed by atoms with van der Waals surface area (Å²) in [5.41, 5.74) is 0.859. The van der Waals surface area contributed by atoms with Gasteiger partial charge in [0.1, 0.15) is 11.5 Å². The number of rotatable bonds is 7. The number of ether oxygens (including phenoxy) is 2.